The van der Waals surface area contributed by atoms with Gasteiger partial charge in [-0.05, 0) is 37.1 Å². The van der Waals surface area contributed by atoms with E-state index in [0.717, 1.165) is 0 Å². The van der Waals surface area contributed by atoms with Crippen LogP contribution >= 0.6 is 0 Å². The Kier molecular flexibility index (Phi) is 5.96. The molecule has 1 heterocycles. The van der Waals surface area contributed by atoms with Crippen LogP contribution in [0.15, 0.2) is 48.5 Å². The van der Waals surface area contributed by atoms with E-state index in [1.54, 1.807) is 18.2 Å². The van der Waals surface area contributed by atoms with Crippen LogP contribution in [0.1, 0.15) is 33.6 Å². The van der Waals surface area contributed by atoms with Crippen molar-refractivity contribution in [1.29, 1.82) is 0 Å². The number of hydrogen-bond acceptors (Lipinski definition) is 4. The summed E-state index contributed by atoms with van der Waals surface area (Å²) in [5.74, 6) is 0.760. The van der Waals surface area contributed by atoms with E-state index in [9.17, 15) is 9.59 Å². The van der Waals surface area contributed by atoms with E-state index < -0.39 is 0 Å². The third-order valence-corrected chi connectivity index (χ3v) is 4.79. The number of rotatable bonds is 5. The number of hydrogen-bond donors (Lipinski definition) is 1. The van der Waals surface area contributed by atoms with Crippen molar-refractivity contribution in [2.75, 3.05) is 27.3 Å². The molecule has 0 bridgehead atoms. The number of amides is 2. The van der Waals surface area contributed by atoms with Gasteiger partial charge in [0.05, 0.1) is 14.2 Å². The Labute approximate surface area is 159 Å². The number of nitrogens with zero attached hydrogens (tertiary/aromatic N) is 1. The van der Waals surface area contributed by atoms with Crippen LogP contribution in [0.4, 0.5) is 0 Å². The summed E-state index contributed by atoms with van der Waals surface area (Å²) in [6.07, 6.45) is 1.42. The average Bonchev–Trinajstić information content (AvgIpc) is 2.73. The molecule has 6 heteroatoms. The molecule has 6 nitrogen and oxygen atoms in total. The fraction of sp³-hybridized carbons (Fsp3) is 0.333. The van der Waals surface area contributed by atoms with E-state index in [4.69, 9.17) is 9.47 Å². The van der Waals surface area contributed by atoms with Gasteiger partial charge in [0.1, 0.15) is 17.1 Å². The van der Waals surface area contributed by atoms with E-state index in [0.29, 0.717) is 48.6 Å². The first-order valence-corrected chi connectivity index (χ1v) is 9.00. The van der Waals surface area contributed by atoms with Crippen LogP contribution in [-0.2, 0) is 0 Å². The molecule has 1 fully saturated rings. The van der Waals surface area contributed by atoms with Gasteiger partial charge in [-0.25, -0.2) is 0 Å². The zero-order valence-corrected chi connectivity index (χ0v) is 15.6. The van der Waals surface area contributed by atoms with Crippen LogP contribution in [0, 0.1) is 0 Å². The first kappa shape index (κ1) is 18.8. The van der Waals surface area contributed by atoms with Crippen molar-refractivity contribution in [1.82, 2.24) is 10.2 Å². The molecule has 0 atom stereocenters. The summed E-state index contributed by atoms with van der Waals surface area (Å²) in [5, 5.41) is 3.05. The predicted molar refractivity (Wildman–Crippen MR) is 102 cm³/mol. The van der Waals surface area contributed by atoms with E-state index in [-0.39, 0.29) is 17.9 Å². The van der Waals surface area contributed by atoms with E-state index in [1.165, 1.54) is 14.2 Å². The smallest absolute Gasteiger partial charge is 0.259 e. The minimum absolute atomic E-state index is 0.00643. The summed E-state index contributed by atoms with van der Waals surface area (Å²) in [7, 11) is 3.05. The van der Waals surface area contributed by atoms with E-state index >= 15 is 0 Å². The molecule has 0 radical (unpaired) electrons. The van der Waals surface area contributed by atoms with Crippen LogP contribution in [0.25, 0.3) is 0 Å². The van der Waals surface area contributed by atoms with E-state index in [2.05, 4.69) is 5.32 Å². The van der Waals surface area contributed by atoms with Gasteiger partial charge in [-0.3, -0.25) is 9.59 Å². The molecule has 1 aliphatic rings. The normalized spacial score (nSPS) is 14.5. The number of likely N-dealkylation sites (tertiary alicyclic amines) is 1. The van der Waals surface area contributed by atoms with E-state index in [1.807, 2.05) is 35.2 Å². The SMILES string of the molecule is COc1cccc(OC)c1C(=O)NC1CCN(C(=O)c2ccccc2)CC1. The minimum atomic E-state index is -0.225. The monoisotopic (exact) mass is 368 g/mol. The summed E-state index contributed by atoms with van der Waals surface area (Å²) in [6.45, 7) is 1.23. The van der Waals surface area contributed by atoms with Crippen LogP contribution in [0.3, 0.4) is 0 Å². The number of benzene rings is 2. The Hall–Kier alpha value is -3.02. The van der Waals surface area contributed by atoms with Crippen molar-refractivity contribution >= 4 is 11.8 Å². The Morgan fingerprint density at radius 2 is 1.52 bits per heavy atom. The highest BCUT2D eigenvalue weighted by atomic mass is 16.5. The third-order valence-electron chi connectivity index (χ3n) is 4.79. The molecule has 0 unspecified atom stereocenters. The predicted octanol–water partition coefficient (Wildman–Crippen LogP) is 2.74. The molecule has 2 aromatic rings. The van der Waals surface area contributed by atoms with Gasteiger partial charge < -0.3 is 19.7 Å². The highest BCUT2D eigenvalue weighted by molar-refractivity contribution is 6.00. The van der Waals surface area contributed by atoms with Gasteiger partial charge in [-0.15, -0.1) is 0 Å². The Balaban J connectivity index is 1.61. The minimum Gasteiger partial charge on any atom is -0.496 e. The first-order chi connectivity index (χ1) is 13.1. The van der Waals surface area contributed by atoms with Crippen LogP contribution in [0.2, 0.25) is 0 Å². The zero-order valence-electron chi connectivity index (χ0n) is 15.6. The molecule has 142 valence electrons. The molecule has 27 heavy (non-hydrogen) atoms. The Morgan fingerprint density at radius 3 is 2.07 bits per heavy atom. The lowest BCUT2D eigenvalue weighted by molar-refractivity contribution is 0.0698. The van der Waals surface area contributed by atoms with Crippen molar-refractivity contribution in [3.05, 3.63) is 59.7 Å². The molecule has 0 aliphatic carbocycles. The summed E-state index contributed by atoms with van der Waals surface area (Å²) in [5.41, 5.74) is 1.09. The highest BCUT2D eigenvalue weighted by Crippen LogP contribution is 2.28. The standard InChI is InChI=1S/C21H24N2O4/c1-26-17-9-6-10-18(27-2)19(17)20(24)22-16-11-13-23(14-12-16)21(25)15-7-4-3-5-8-15/h3-10,16H,11-14H2,1-2H3,(H,22,24). The number of ether oxygens (including phenoxy) is 2. The van der Waals surface area contributed by atoms with Gasteiger partial charge in [0.2, 0.25) is 0 Å². The molecule has 2 amide bonds. The van der Waals surface area contributed by atoms with Crippen molar-refractivity contribution in [2.24, 2.45) is 0 Å². The van der Waals surface area contributed by atoms with Gasteiger partial charge in [0.15, 0.2) is 0 Å². The van der Waals surface area contributed by atoms with Crippen molar-refractivity contribution in [3.8, 4) is 11.5 Å². The molecule has 0 spiro atoms. The number of carbonyl (C=O) groups is 2. The quantitative estimate of drug-likeness (QED) is 0.881. The largest absolute Gasteiger partial charge is 0.496 e. The lowest BCUT2D eigenvalue weighted by atomic mass is 10.0. The van der Waals surface area contributed by atoms with Crippen molar-refractivity contribution in [2.45, 2.75) is 18.9 Å². The number of piperidine rings is 1. The van der Waals surface area contributed by atoms with Gasteiger partial charge in [0, 0.05) is 24.7 Å². The maximum atomic E-state index is 12.8. The summed E-state index contributed by atoms with van der Waals surface area (Å²) >= 11 is 0. The van der Waals surface area contributed by atoms with Crippen LogP contribution in [0.5, 0.6) is 11.5 Å². The van der Waals surface area contributed by atoms with Gasteiger partial charge in [-0.1, -0.05) is 24.3 Å². The molecular formula is C21H24N2O4. The fourth-order valence-electron chi connectivity index (χ4n) is 3.32. The second-order valence-electron chi connectivity index (χ2n) is 6.44. The van der Waals surface area contributed by atoms with Crippen molar-refractivity contribution < 1.29 is 19.1 Å². The molecule has 3 rings (SSSR count). The second-order valence-corrected chi connectivity index (χ2v) is 6.44. The zero-order chi connectivity index (χ0) is 19.2. The van der Waals surface area contributed by atoms with Gasteiger partial charge in [-0.2, -0.15) is 0 Å². The summed E-state index contributed by atoms with van der Waals surface area (Å²) in [6, 6.07) is 14.5. The lowest BCUT2D eigenvalue weighted by Gasteiger charge is -2.32. The maximum Gasteiger partial charge on any atom is 0.259 e. The number of carbonyl (C=O) groups excluding carboxylic acids is 2. The van der Waals surface area contributed by atoms with Gasteiger partial charge in [0.25, 0.3) is 11.8 Å². The lowest BCUT2D eigenvalue weighted by Crippen LogP contribution is -2.46. The fourth-order valence-corrected chi connectivity index (χ4v) is 3.32. The molecule has 1 N–H and O–H groups in total. The summed E-state index contributed by atoms with van der Waals surface area (Å²) < 4.78 is 10.6. The average molecular weight is 368 g/mol. The molecule has 0 saturated carbocycles. The molecule has 1 aliphatic heterocycles. The Morgan fingerprint density at radius 1 is 0.926 bits per heavy atom. The molecular weight excluding hydrogens is 344 g/mol. The third kappa shape index (κ3) is 4.22. The first-order valence-electron chi connectivity index (χ1n) is 9.00. The molecule has 2 aromatic carbocycles. The van der Waals surface area contributed by atoms with Crippen molar-refractivity contribution in [3.63, 3.8) is 0 Å². The second kappa shape index (κ2) is 8.58. The topological polar surface area (TPSA) is 67.9 Å². The highest BCUT2D eigenvalue weighted by Gasteiger charge is 2.26. The molecule has 1 saturated heterocycles. The van der Waals surface area contributed by atoms with Gasteiger partial charge >= 0.3 is 0 Å². The maximum absolute atomic E-state index is 12.8. The van der Waals surface area contributed by atoms with Crippen LogP contribution < -0.4 is 14.8 Å². The number of nitrogens with one attached hydrogen (secondary N) is 1. The number of methoxy groups -OCH3 is 2. The van der Waals surface area contributed by atoms with Crippen LogP contribution in [-0.4, -0.2) is 50.1 Å². The Bertz CT molecular complexity index is 777. The molecule has 0 aromatic heterocycles. The summed E-state index contributed by atoms with van der Waals surface area (Å²) in [4.78, 5) is 27.1.